The normalized spacial score (nSPS) is 11.2. The third-order valence-electron chi connectivity index (χ3n) is 2.80. The van der Waals surface area contributed by atoms with E-state index in [-0.39, 0.29) is 5.82 Å². The summed E-state index contributed by atoms with van der Waals surface area (Å²) >= 11 is 6.82. The van der Waals surface area contributed by atoms with Crippen LogP contribution in [0.5, 0.6) is 0 Å². The van der Waals surface area contributed by atoms with Crippen molar-refractivity contribution in [3.05, 3.63) is 58.0 Å². The highest BCUT2D eigenvalue weighted by molar-refractivity contribution is 7.80. The first kappa shape index (κ1) is 15.6. The van der Waals surface area contributed by atoms with E-state index < -0.39 is 0 Å². The summed E-state index contributed by atoms with van der Waals surface area (Å²) in [6, 6.07) is 10.3. The van der Waals surface area contributed by atoms with Crippen LogP contribution in [0, 0.1) is 5.82 Å². The van der Waals surface area contributed by atoms with Gasteiger partial charge in [0.25, 0.3) is 0 Å². The number of benzene rings is 1. The average molecular weight is 321 g/mol. The molecule has 2 N–H and O–H groups in total. The first-order chi connectivity index (χ1) is 10.2. The number of nitrogens with one attached hydrogen (secondary N) is 2. The molecule has 0 saturated heterocycles. The van der Waals surface area contributed by atoms with E-state index in [2.05, 4.69) is 22.8 Å². The van der Waals surface area contributed by atoms with Gasteiger partial charge in [0, 0.05) is 6.54 Å². The maximum atomic E-state index is 12.8. The van der Waals surface area contributed by atoms with Gasteiger partial charge in [0.05, 0.1) is 10.6 Å². The summed E-state index contributed by atoms with van der Waals surface area (Å²) in [5.74, 6) is -0.243. The zero-order valence-corrected chi connectivity index (χ0v) is 13.2. The molecule has 110 valence electrons. The number of rotatable bonds is 5. The molecule has 0 unspecified atom stereocenters. The number of hydrogen-bond acceptors (Lipinski definition) is 3. The molecular weight excluding hydrogens is 305 g/mol. The van der Waals surface area contributed by atoms with Gasteiger partial charge in [-0.05, 0) is 47.8 Å². The summed E-state index contributed by atoms with van der Waals surface area (Å²) < 4.78 is 12.8. The van der Waals surface area contributed by atoms with Gasteiger partial charge in [-0.1, -0.05) is 25.1 Å². The second-order valence-corrected chi connectivity index (χ2v) is 5.67. The van der Waals surface area contributed by atoms with Crippen molar-refractivity contribution in [3.8, 4) is 0 Å². The van der Waals surface area contributed by atoms with Crippen LogP contribution in [-0.4, -0.2) is 10.8 Å². The Balaban J connectivity index is 1.85. The molecule has 0 aliphatic carbocycles. The first-order valence-electron chi connectivity index (χ1n) is 6.57. The second-order valence-electron chi connectivity index (χ2n) is 4.31. The summed E-state index contributed by atoms with van der Waals surface area (Å²) in [4.78, 5) is 1.13. The van der Waals surface area contributed by atoms with Crippen LogP contribution in [0.15, 0.2) is 46.9 Å². The SMILES string of the molecule is CC/C(=N/NC(=S)NCc1ccc(F)cc1)c1cccs1. The Labute approximate surface area is 132 Å². The smallest absolute Gasteiger partial charge is 0.187 e. The van der Waals surface area contributed by atoms with Gasteiger partial charge in [-0.25, -0.2) is 4.39 Å². The number of nitrogens with zero attached hydrogens (tertiary/aromatic N) is 1. The zero-order valence-electron chi connectivity index (χ0n) is 11.6. The predicted molar refractivity (Wildman–Crippen MR) is 90.1 cm³/mol. The van der Waals surface area contributed by atoms with Crippen LogP contribution in [0.25, 0.3) is 0 Å². The fourth-order valence-electron chi connectivity index (χ4n) is 1.69. The third kappa shape index (κ3) is 4.91. The molecule has 21 heavy (non-hydrogen) atoms. The molecule has 6 heteroatoms. The van der Waals surface area contributed by atoms with Crippen LogP contribution in [0.3, 0.4) is 0 Å². The minimum absolute atomic E-state index is 0.243. The van der Waals surface area contributed by atoms with E-state index in [0.717, 1.165) is 22.6 Å². The molecular formula is C15H16FN3S2. The van der Waals surface area contributed by atoms with Crippen molar-refractivity contribution in [3.63, 3.8) is 0 Å². The predicted octanol–water partition coefficient (Wildman–Crippen LogP) is 3.67. The van der Waals surface area contributed by atoms with Crippen LogP contribution < -0.4 is 10.7 Å². The lowest BCUT2D eigenvalue weighted by Gasteiger charge is -2.08. The molecule has 2 rings (SSSR count). The van der Waals surface area contributed by atoms with Gasteiger partial charge in [-0.15, -0.1) is 11.3 Å². The molecule has 1 heterocycles. The molecule has 2 aromatic rings. The van der Waals surface area contributed by atoms with Crippen molar-refractivity contribution in [2.75, 3.05) is 0 Å². The monoisotopic (exact) mass is 321 g/mol. The average Bonchev–Trinajstić information content (AvgIpc) is 3.01. The van der Waals surface area contributed by atoms with Crippen molar-refractivity contribution in [2.24, 2.45) is 5.10 Å². The highest BCUT2D eigenvalue weighted by Crippen LogP contribution is 2.11. The minimum Gasteiger partial charge on any atom is -0.357 e. The molecule has 0 saturated carbocycles. The van der Waals surface area contributed by atoms with E-state index in [1.807, 2.05) is 17.5 Å². The van der Waals surface area contributed by atoms with Crippen LogP contribution in [-0.2, 0) is 6.54 Å². The lowest BCUT2D eigenvalue weighted by atomic mass is 10.2. The molecule has 3 nitrogen and oxygen atoms in total. The summed E-state index contributed by atoms with van der Waals surface area (Å²) in [6.07, 6.45) is 0.827. The molecule has 0 radical (unpaired) electrons. The van der Waals surface area contributed by atoms with E-state index >= 15 is 0 Å². The molecule has 1 aromatic carbocycles. The lowest BCUT2D eigenvalue weighted by Crippen LogP contribution is -2.32. The summed E-state index contributed by atoms with van der Waals surface area (Å²) in [6.45, 7) is 2.58. The molecule has 1 aromatic heterocycles. The van der Waals surface area contributed by atoms with Crippen LogP contribution in [0.1, 0.15) is 23.8 Å². The largest absolute Gasteiger partial charge is 0.357 e. The summed E-state index contributed by atoms with van der Waals surface area (Å²) in [7, 11) is 0. The van der Waals surface area contributed by atoms with Gasteiger partial charge in [-0.3, -0.25) is 5.43 Å². The molecule has 0 fully saturated rings. The van der Waals surface area contributed by atoms with Gasteiger partial charge < -0.3 is 5.32 Å². The van der Waals surface area contributed by atoms with Crippen molar-refractivity contribution < 1.29 is 4.39 Å². The maximum absolute atomic E-state index is 12.8. The molecule has 0 aliphatic heterocycles. The Morgan fingerprint density at radius 2 is 2.05 bits per heavy atom. The van der Waals surface area contributed by atoms with Crippen molar-refractivity contribution >= 4 is 34.4 Å². The van der Waals surface area contributed by atoms with E-state index in [1.165, 1.54) is 12.1 Å². The number of hydrogen-bond donors (Lipinski definition) is 2. The Bertz CT molecular complexity index is 606. The molecule has 0 amide bonds. The van der Waals surface area contributed by atoms with Crippen LogP contribution in [0.4, 0.5) is 4.39 Å². The first-order valence-corrected chi connectivity index (χ1v) is 7.86. The fourth-order valence-corrected chi connectivity index (χ4v) is 2.60. The number of hydrazone groups is 1. The highest BCUT2D eigenvalue weighted by Gasteiger charge is 2.02. The second kappa shape index (κ2) is 7.85. The zero-order chi connectivity index (χ0) is 15.1. The standard InChI is InChI=1S/C15H16FN3S2/c1-2-13(14-4-3-9-21-14)18-19-15(20)17-10-11-5-7-12(16)8-6-11/h3-9H,2,10H2,1H3,(H2,17,19,20)/b18-13-. The Morgan fingerprint density at radius 3 is 2.67 bits per heavy atom. The number of halogens is 1. The topological polar surface area (TPSA) is 36.4 Å². The number of thiocarbonyl (C=S) groups is 1. The molecule has 0 atom stereocenters. The van der Waals surface area contributed by atoms with Gasteiger partial charge in [-0.2, -0.15) is 5.10 Å². The molecule has 0 aliphatic rings. The molecule has 0 bridgehead atoms. The van der Waals surface area contributed by atoms with E-state index in [4.69, 9.17) is 12.2 Å². The van der Waals surface area contributed by atoms with Crippen LogP contribution >= 0.6 is 23.6 Å². The quantitative estimate of drug-likeness (QED) is 0.501. The van der Waals surface area contributed by atoms with Gasteiger partial charge in [0.1, 0.15) is 5.82 Å². The van der Waals surface area contributed by atoms with E-state index in [0.29, 0.717) is 11.7 Å². The Hall–Kier alpha value is -1.79. The van der Waals surface area contributed by atoms with Crippen molar-refractivity contribution in [1.29, 1.82) is 0 Å². The van der Waals surface area contributed by atoms with E-state index in [9.17, 15) is 4.39 Å². The third-order valence-corrected chi connectivity index (χ3v) is 3.95. The minimum atomic E-state index is -0.243. The fraction of sp³-hybridized carbons (Fsp3) is 0.200. The van der Waals surface area contributed by atoms with Crippen molar-refractivity contribution in [2.45, 2.75) is 19.9 Å². The van der Waals surface area contributed by atoms with Crippen LogP contribution in [0.2, 0.25) is 0 Å². The van der Waals surface area contributed by atoms with Gasteiger partial charge in [0.2, 0.25) is 0 Å². The Kier molecular flexibility index (Phi) is 5.83. The Morgan fingerprint density at radius 1 is 1.29 bits per heavy atom. The highest BCUT2D eigenvalue weighted by atomic mass is 32.1. The van der Waals surface area contributed by atoms with E-state index in [1.54, 1.807) is 23.5 Å². The molecule has 0 spiro atoms. The van der Waals surface area contributed by atoms with Crippen molar-refractivity contribution in [1.82, 2.24) is 10.7 Å². The summed E-state index contributed by atoms with van der Waals surface area (Å²) in [5.41, 5.74) is 4.77. The summed E-state index contributed by atoms with van der Waals surface area (Å²) in [5, 5.41) is 9.83. The number of thiophene rings is 1. The van der Waals surface area contributed by atoms with Gasteiger partial charge in [0.15, 0.2) is 5.11 Å². The lowest BCUT2D eigenvalue weighted by molar-refractivity contribution is 0.626. The maximum Gasteiger partial charge on any atom is 0.187 e. The van der Waals surface area contributed by atoms with Gasteiger partial charge >= 0.3 is 0 Å².